The maximum absolute atomic E-state index is 5.51. The van der Waals surface area contributed by atoms with Crippen molar-refractivity contribution in [2.24, 2.45) is 5.92 Å². The predicted octanol–water partition coefficient (Wildman–Crippen LogP) is 2.58. The van der Waals surface area contributed by atoms with Gasteiger partial charge in [-0.1, -0.05) is 20.3 Å². The Kier molecular flexibility index (Phi) is 3.53. The zero-order valence-electron chi connectivity index (χ0n) is 8.43. The molecule has 12 heavy (non-hydrogen) atoms. The molecule has 0 N–H and O–H groups in total. The molecule has 72 valence electrons. The van der Waals surface area contributed by atoms with Crippen LogP contribution in [0.5, 0.6) is 0 Å². The predicted molar refractivity (Wildman–Crippen MR) is 49.0 cm³/mol. The highest BCUT2D eigenvalue weighted by molar-refractivity contribution is 4.69. The monoisotopic (exact) mass is 172 g/mol. The van der Waals surface area contributed by atoms with Crippen LogP contribution in [0.4, 0.5) is 0 Å². The molecule has 0 radical (unpaired) electrons. The van der Waals surface area contributed by atoms with Gasteiger partial charge in [-0.05, 0) is 19.3 Å². The molecule has 1 aliphatic heterocycles. The standard InChI is InChI=1S/C10H20O2/c1-4-9(2)5-6-10(3)11-7-8-12-10/h9H,4-8H2,1-3H3/t9-/m1/s1. The van der Waals surface area contributed by atoms with Crippen LogP contribution in [0, 0.1) is 5.92 Å². The minimum absolute atomic E-state index is 0.274. The number of rotatable bonds is 4. The molecular formula is C10H20O2. The Morgan fingerprint density at radius 3 is 2.42 bits per heavy atom. The van der Waals surface area contributed by atoms with Gasteiger partial charge >= 0.3 is 0 Å². The van der Waals surface area contributed by atoms with Crippen molar-refractivity contribution in [1.29, 1.82) is 0 Å². The van der Waals surface area contributed by atoms with Crippen molar-refractivity contribution >= 4 is 0 Å². The van der Waals surface area contributed by atoms with E-state index in [0.29, 0.717) is 0 Å². The minimum Gasteiger partial charge on any atom is -0.348 e. The molecule has 0 aliphatic carbocycles. The molecule has 1 aliphatic rings. The van der Waals surface area contributed by atoms with E-state index in [4.69, 9.17) is 9.47 Å². The van der Waals surface area contributed by atoms with Crippen molar-refractivity contribution in [2.75, 3.05) is 13.2 Å². The van der Waals surface area contributed by atoms with E-state index in [1.165, 1.54) is 12.8 Å². The normalized spacial score (nSPS) is 24.2. The number of ether oxygens (including phenoxy) is 2. The highest BCUT2D eigenvalue weighted by atomic mass is 16.7. The molecule has 1 atom stereocenters. The van der Waals surface area contributed by atoms with Crippen molar-refractivity contribution in [3.05, 3.63) is 0 Å². The van der Waals surface area contributed by atoms with Gasteiger partial charge in [0.1, 0.15) is 0 Å². The fourth-order valence-electron chi connectivity index (χ4n) is 1.41. The molecule has 0 aromatic heterocycles. The lowest BCUT2D eigenvalue weighted by Crippen LogP contribution is -2.25. The van der Waals surface area contributed by atoms with Crippen molar-refractivity contribution in [3.63, 3.8) is 0 Å². The second kappa shape index (κ2) is 4.24. The largest absolute Gasteiger partial charge is 0.348 e. The van der Waals surface area contributed by atoms with Crippen molar-refractivity contribution in [3.8, 4) is 0 Å². The molecule has 0 aromatic carbocycles. The summed E-state index contributed by atoms with van der Waals surface area (Å²) in [5.41, 5.74) is 0. The zero-order valence-corrected chi connectivity index (χ0v) is 8.43. The van der Waals surface area contributed by atoms with Crippen LogP contribution >= 0.6 is 0 Å². The van der Waals surface area contributed by atoms with Crippen molar-refractivity contribution < 1.29 is 9.47 Å². The average Bonchev–Trinajstić information content (AvgIpc) is 2.49. The zero-order chi connectivity index (χ0) is 9.03. The summed E-state index contributed by atoms with van der Waals surface area (Å²) in [6.07, 6.45) is 3.48. The van der Waals surface area contributed by atoms with Crippen LogP contribution in [0.3, 0.4) is 0 Å². The molecular weight excluding hydrogens is 152 g/mol. The minimum atomic E-state index is -0.274. The van der Waals surface area contributed by atoms with E-state index in [0.717, 1.165) is 25.6 Å². The van der Waals surface area contributed by atoms with Gasteiger partial charge in [0.25, 0.3) is 0 Å². The van der Waals surface area contributed by atoms with Crippen LogP contribution < -0.4 is 0 Å². The summed E-state index contributed by atoms with van der Waals surface area (Å²) in [4.78, 5) is 0. The Balaban J connectivity index is 2.21. The number of hydrogen-bond donors (Lipinski definition) is 0. The van der Waals surface area contributed by atoms with Crippen molar-refractivity contribution in [1.82, 2.24) is 0 Å². The first-order valence-corrected chi connectivity index (χ1v) is 4.94. The number of hydrogen-bond acceptors (Lipinski definition) is 2. The molecule has 0 bridgehead atoms. The van der Waals surface area contributed by atoms with Crippen LogP contribution in [0.2, 0.25) is 0 Å². The smallest absolute Gasteiger partial charge is 0.165 e. The van der Waals surface area contributed by atoms with Gasteiger partial charge < -0.3 is 9.47 Å². The van der Waals surface area contributed by atoms with Crippen LogP contribution in [-0.4, -0.2) is 19.0 Å². The molecule has 2 heteroatoms. The maximum atomic E-state index is 5.51. The lowest BCUT2D eigenvalue weighted by atomic mass is 9.99. The molecule has 1 rings (SSSR count). The summed E-state index contributed by atoms with van der Waals surface area (Å²) in [6.45, 7) is 8.07. The summed E-state index contributed by atoms with van der Waals surface area (Å²) < 4.78 is 11.0. The third-order valence-electron chi connectivity index (χ3n) is 2.69. The summed E-state index contributed by atoms with van der Waals surface area (Å²) in [7, 11) is 0. The molecule has 0 saturated carbocycles. The first-order valence-electron chi connectivity index (χ1n) is 4.94. The SMILES string of the molecule is CC[C@@H](C)CCC1(C)OCCO1. The topological polar surface area (TPSA) is 18.5 Å². The van der Waals surface area contributed by atoms with E-state index in [-0.39, 0.29) is 5.79 Å². The lowest BCUT2D eigenvalue weighted by Gasteiger charge is -2.23. The van der Waals surface area contributed by atoms with Gasteiger partial charge in [0.05, 0.1) is 13.2 Å². The highest BCUT2D eigenvalue weighted by Gasteiger charge is 2.30. The van der Waals surface area contributed by atoms with Crippen LogP contribution in [0.25, 0.3) is 0 Å². The van der Waals surface area contributed by atoms with E-state index >= 15 is 0 Å². The van der Waals surface area contributed by atoms with E-state index < -0.39 is 0 Å². The highest BCUT2D eigenvalue weighted by Crippen LogP contribution is 2.26. The Morgan fingerprint density at radius 2 is 1.92 bits per heavy atom. The Bertz CT molecular complexity index is 128. The molecule has 1 heterocycles. The van der Waals surface area contributed by atoms with Gasteiger partial charge in [0.15, 0.2) is 5.79 Å². The van der Waals surface area contributed by atoms with Gasteiger partial charge in [-0.25, -0.2) is 0 Å². The third-order valence-corrected chi connectivity index (χ3v) is 2.69. The van der Waals surface area contributed by atoms with Crippen molar-refractivity contribution in [2.45, 2.75) is 45.8 Å². The van der Waals surface area contributed by atoms with Gasteiger partial charge in [-0.15, -0.1) is 0 Å². The Labute approximate surface area is 75.2 Å². The quantitative estimate of drug-likeness (QED) is 0.649. The molecule has 0 amide bonds. The summed E-state index contributed by atoms with van der Waals surface area (Å²) >= 11 is 0. The van der Waals surface area contributed by atoms with Crippen LogP contribution in [0.1, 0.15) is 40.0 Å². The molecule has 0 unspecified atom stereocenters. The van der Waals surface area contributed by atoms with Gasteiger partial charge in [-0.2, -0.15) is 0 Å². The van der Waals surface area contributed by atoms with Gasteiger partial charge in [0, 0.05) is 6.42 Å². The third kappa shape index (κ3) is 2.76. The van der Waals surface area contributed by atoms with Gasteiger partial charge in [-0.3, -0.25) is 0 Å². The molecule has 0 aromatic rings. The average molecular weight is 172 g/mol. The van der Waals surface area contributed by atoms with Gasteiger partial charge in [0.2, 0.25) is 0 Å². The lowest BCUT2D eigenvalue weighted by molar-refractivity contribution is -0.149. The first kappa shape index (κ1) is 10.0. The molecule has 1 saturated heterocycles. The maximum Gasteiger partial charge on any atom is 0.165 e. The molecule has 1 fully saturated rings. The summed E-state index contributed by atoms with van der Waals surface area (Å²) in [5.74, 6) is 0.512. The van der Waals surface area contributed by atoms with E-state index in [2.05, 4.69) is 13.8 Å². The molecule has 0 spiro atoms. The van der Waals surface area contributed by atoms with E-state index in [9.17, 15) is 0 Å². The van der Waals surface area contributed by atoms with E-state index in [1.54, 1.807) is 0 Å². The van der Waals surface area contributed by atoms with E-state index in [1.807, 2.05) is 6.92 Å². The first-order chi connectivity index (χ1) is 5.66. The fraction of sp³-hybridized carbons (Fsp3) is 1.00. The second-order valence-corrected chi connectivity index (χ2v) is 3.88. The Morgan fingerprint density at radius 1 is 1.33 bits per heavy atom. The van der Waals surface area contributed by atoms with Crippen LogP contribution in [-0.2, 0) is 9.47 Å². The summed E-state index contributed by atoms with van der Waals surface area (Å²) in [6, 6.07) is 0. The second-order valence-electron chi connectivity index (χ2n) is 3.88. The van der Waals surface area contributed by atoms with Crippen LogP contribution in [0.15, 0.2) is 0 Å². The fourth-order valence-corrected chi connectivity index (χ4v) is 1.41. The summed E-state index contributed by atoms with van der Waals surface area (Å²) in [5, 5.41) is 0. The molecule has 2 nitrogen and oxygen atoms in total. The Hall–Kier alpha value is -0.0800.